The van der Waals surface area contributed by atoms with Gasteiger partial charge in [-0.3, -0.25) is 0 Å². The maximum atomic E-state index is 12.9. The summed E-state index contributed by atoms with van der Waals surface area (Å²) in [5.74, 6) is 0.554. The molecule has 5 unspecified atom stereocenters. The molecule has 2 amide bonds. The van der Waals surface area contributed by atoms with E-state index in [1.807, 2.05) is 4.90 Å². The molecule has 0 aromatic carbocycles. The third-order valence-electron chi connectivity index (χ3n) is 8.17. The number of amides is 2. The molecule has 0 aromatic heterocycles. The predicted octanol–water partition coefficient (Wildman–Crippen LogP) is 1.94. The van der Waals surface area contributed by atoms with Crippen molar-refractivity contribution in [1.29, 1.82) is 0 Å². The molecule has 4 saturated heterocycles. The zero-order chi connectivity index (χ0) is 18.2. The van der Waals surface area contributed by atoms with Gasteiger partial charge in [0.1, 0.15) is 0 Å². The molecule has 0 aromatic rings. The topological polar surface area (TPSA) is 75.7 Å². The molecular formula is C19H30N2O4S. The Hall–Kier alpha value is -0.820. The molecule has 2 bridgehead atoms. The van der Waals surface area contributed by atoms with Crippen LogP contribution in [0.5, 0.6) is 0 Å². The highest BCUT2D eigenvalue weighted by atomic mass is 32.2. The van der Waals surface area contributed by atoms with E-state index in [1.165, 1.54) is 0 Å². The third-order valence-corrected chi connectivity index (χ3v) is 10.2. The largest absolute Gasteiger partial charge is 0.374 e. The van der Waals surface area contributed by atoms with Gasteiger partial charge in [0.15, 0.2) is 9.84 Å². The SMILES string of the molecule is CC1(CNC(=O)N2CC34CCCCC3(C2)CS(=O)(=O)C4)CC2CCC1O2. The second-order valence-corrected chi connectivity index (χ2v) is 12.1. The molecule has 0 radical (unpaired) electrons. The summed E-state index contributed by atoms with van der Waals surface area (Å²) in [5.41, 5.74) is -0.345. The average molecular weight is 383 g/mol. The summed E-state index contributed by atoms with van der Waals surface area (Å²) in [4.78, 5) is 14.8. The van der Waals surface area contributed by atoms with Crippen LogP contribution in [-0.4, -0.2) is 62.7 Å². The van der Waals surface area contributed by atoms with E-state index in [0.29, 0.717) is 25.7 Å². The van der Waals surface area contributed by atoms with Gasteiger partial charge >= 0.3 is 6.03 Å². The minimum atomic E-state index is -2.97. The Morgan fingerprint density at radius 3 is 2.35 bits per heavy atom. The zero-order valence-electron chi connectivity index (χ0n) is 15.6. The molecule has 5 aliphatic rings. The lowest BCUT2D eigenvalue weighted by atomic mass is 9.60. The van der Waals surface area contributed by atoms with Crippen LogP contribution in [-0.2, 0) is 14.6 Å². The van der Waals surface area contributed by atoms with E-state index in [2.05, 4.69) is 12.2 Å². The van der Waals surface area contributed by atoms with Crippen molar-refractivity contribution >= 4 is 15.9 Å². The molecule has 4 aliphatic heterocycles. The van der Waals surface area contributed by atoms with Crippen LogP contribution in [0.4, 0.5) is 4.79 Å². The lowest BCUT2D eigenvalue weighted by Gasteiger charge is -2.41. The Morgan fingerprint density at radius 1 is 1.15 bits per heavy atom. The van der Waals surface area contributed by atoms with Crippen LogP contribution < -0.4 is 5.32 Å². The lowest BCUT2D eigenvalue weighted by Crippen LogP contribution is -2.47. The predicted molar refractivity (Wildman–Crippen MR) is 97.6 cm³/mol. The number of likely N-dealkylation sites (tertiary alicyclic amines) is 1. The fraction of sp³-hybridized carbons (Fsp3) is 0.947. The van der Waals surface area contributed by atoms with Crippen molar-refractivity contribution in [3.05, 3.63) is 0 Å². The van der Waals surface area contributed by atoms with E-state index in [-0.39, 0.29) is 39.9 Å². The summed E-state index contributed by atoms with van der Waals surface area (Å²) in [6.45, 7) is 4.09. The fourth-order valence-corrected chi connectivity index (χ4v) is 9.78. The van der Waals surface area contributed by atoms with Gasteiger partial charge in [0.05, 0.1) is 23.7 Å². The maximum Gasteiger partial charge on any atom is 0.317 e. The van der Waals surface area contributed by atoms with E-state index >= 15 is 0 Å². The molecule has 146 valence electrons. The number of nitrogens with zero attached hydrogens (tertiary/aromatic N) is 1. The molecule has 1 saturated carbocycles. The van der Waals surface area contributed by atoms with Crippen LogP contribution in [0.15, 0.2) is 0 Å². The van der Waals surface area contributed by atoms with E-state index in [0.717, 1.165) is 44.9 Å². The summed E-state index contributed by atoms with van der Waals surface area (Å²) in [7, 11) is -2.97. The standard InChI is InChI=1S/C19H30N2O4S/c1-17(8-14-4-5-15(17)25-14)9-20-16(22)21-10-18-6-2-3-7-19(18,11-21)13-26(23,24)12-18/h14-15H,2-13H2,1H3,(H,20,22). The molecule has 7 heteroatoms. The summed E-state index contributed by atoms with van der Waals surface area (Å²) >= 11 is 0. The summed E-state index contributed by atoms with van der Waals surface area (Å²) in [6, 6.07) is -0.0125. The van der Waals surface area contributed by atoms with Gasteiger partial charge in [-0.05, 0) is 32.1 Å². The van der Waals surface area contributed by atoms with E-state index in [4.69, 9.17) is 4.74 Å². The summed E-state index contributed by atoms with van der Waals surface area (Å²) in [6.07, 6.45) is 8.01. The fourth-order valence-electron chi connectivity index (χ4n) is 6.91. The molecule has 5 atom stereocenters. The molecule has 5 fully saturated rings. The summed E-state index contributed by atoms with van der Waals surface area (Å²) in [5, 5.41) is 3.16. The number of sulfone groups is 1. The first-order valence-electron chi connectivity index (χ1n) is 10.1. The molecule has 26 heavy (non-hydrogen) atoms. The average Bonchev–Trinajstić information content (AvgIpc) is 3.26. The first-order valence-corrected chi connectivity index (χ1v) is 12.0. The normalized spacial score (nSPS) is 48.4. The minimum absolute atomic E-state index is 0.0125. The van der Waals surface area contributed by atoms with Crippen molar-refractivity contribution < 1.29 is 17.9 Å². The Balaban J connectivity index is 1.28. The lowest BCUT2D eigenvalue weighted by molar-refractivity contribution is 0.0675. The monoisotopic (exact) mass is 382 g/mol. The minimum Gasteiger partial charge on any atom is -0.374 e. The van der Waals surface area contributed by atoms with Crippen molar-refractivity contribution in [1.82, 2.24) is 10.2 Å². The molecule has 1 aliphatic carbocycles. The van der Waals surface area contributed by atoms with Gasteiger partial charge in [-0.15, -0.1) is 0 Å². The second kappa shape index (κ2) is 5.37. The van der Waals surface area contributed by atoms with Crippen LogP contribution in [0.1, 0.15) is 51.9 Å². The van der Waals surface area contributed by atoms with Crippen LogP contribution >= 0.6 is 0 Å². The quantitative estimate of drug-likeness (QED) is 0.792. The molecule has 0 spiro atoms. The molecule has 1 N–H and O–H groups in total. The smallest absolute Gasteiger partial charge is 0.317 e. The maximum absolute atomic E-state index is 12.9. The first kappa shape index (κ1) is 17.3. The van der Waals surface area contributed by atoms with Gasteiger partial charge in [0.25, 0.3) is 0 Å². The molecule has 4 heterocycles. The number of nitrogens with one attached hydrogen (secondary N) is 1. The Morgan fingerprint density at radius 2 is 1.81 bits per heavy atom. The molecule has 6 nitrogen and oxygen atoms in total. The number of carbonyl (C=O) groups is 1. The van der Waals surface area contributed by atoms with Crippen LogP contribution in [0.3, 0.4) is 0 Å². The van der Waals surface area contributed by atoms with Crippen molar-refractivity contribution in [2.24, 2.45) is 16.2 Å². The van der Waals surface area contributed by atoms with Crippen LogP contribution in [0, 0.1) is 16.2 Å². The summed E-state index contributed by atoms with van der Waals surface area (Å²) < 4.78 is 30.7. The number of hydrogen-bond donors (Lipinski definition) is 1. The zero-order valence-corrected chi connectivity index (χ0v) is 16.4. The van der Waals surface area contributed by atoms with Crippen molar-refractivity contribution in [3.8, 4) is 0 Å². The third kappa shape index (κ3) is 2.38. The first-order chi connectivity index (χ1) is 12.3. The number of carbonyl (C=O) groups excluding carboxylic acids is 1. The van der Waals surface area contributed by atoms with Gasteiger partial charge in [0.2, 0.25) is 0 Å². The number of urea groups is 1. The van der Waals surface area contributed by atoms with Crippen molar-refractivity contribution in [2.75, 3.05) is 31.1 Å². The Labute approximate surface area is 155 Å². The number of ether oxygens (including phenoxy) is 1. The molecular weight excluding hydrogens is 352 g/mol. The van der Waals surface area contributed by atoms with Crippen LogP contribution in [0.25, 0.3) is 0 Å². The van der Waals surface area contributed by atoms with Gasteiger partial charge < -0.3 is 15.0 Å². The number of hydrogen-bond acceptors (Lipinski definition) is 4. The van der Waals surface area contributed by atoms with Gasteiger partial charge in [-0.25, -0.2) is 13.2 Å². The highest BCUT2D eigenvalue weighted by Gasteiger charge is 2.66. The van der Waals surface area contributed by atoms with E-state index in [9.17, 15) is 13.2 Å². The van der Waals surface area contributed by atoms with E-state index < -0.39 is 9.84 Å². The highest BCUT2D eigenvalue weighted by Crippen LogP contribution is 2.60. The van der Waals surface area contributed by atoms with Gasteiger partial charge in [-0.2, -0.15) is 0 Å². The highest BCUT2D eigenvalue weighted by molar-refractivity contribution is 7.91. The van der Waals surface area contributed by atoms with Gasteiger partial charge in [0, 0.05) is 35.9 Å². The van der Waals surface area contributed by atoms with E-state index in [1.54, 1.807) is 0 Å². The number of fused-ring (bicyclic) bond motifs is 2. The van der Waals surface area contributed by atoms with Gasteiger partial charge in [-0.1, -0.05) is 19.8 Å². The number of rotatable bonds is 2. The van der Waals surface area contributed by atoms with Crippen molar-refractivity contribution in [3.63, 3.8) is 0 Å². The molecule has 5 rings (SSSR count). The second-order valence-electron chi connectivity index (χ2n) is 10.00. The van der Waals surface area contributed by atoms with Crippen molar-refractivity contribution in [2.45, 2.75) is 64.1 Å². The Bertz CT molecular complexity index is 710. The Kier molecular flexibility index (Phi) is 3.57. The van der Waals surface area contributed by atoms with Crippen LogP contribution in [0.2, 0.25) is 0 Å².